The lowest BCUT2D eigenvalue weighted by Gasteiger charge is -2.49. The first-order valence-corrected chi connectivity index (χ1v) is 11.8. The number of nitriles is 1. The highest BCUT2D eigenvalue weighted by molar-refractivity contribution is 5.94. The summed E-state index contributed by atoms with van der Waals surface area (Å²) in [5.74, 6) is 0.893. The number of fused-ring (bicyclic) bond motifs is 1. The number of pyridine rings is 2. The number of hydrogen-bond donors (Lipinski definition) is 1. The lowest BCUT2D eigenvalue weighted by atomic mass is 9.60. The number of morpholine rings is 1. The van der Waals surface area contributed by atoms with E-state index in [4.69, 9.17) is 14.5 Å². The Balaban J connectivity index is 1.54. The van der Waals surface area contributed by atoms with Gasteiger partial charge in [0.25, 0.3) is 0 Å². The molecule has 1 N–H and O–H groups in total. The van der Waals surface area contributed by atoms with Crippen LogP contribution in [0.25, 0.3) is 22.3 Å². The van der Waals surface area contributed by atoms with Crippen LogP contribution in [0.5, 0.6) is 0 Å². The molecule has 2 aliphatic heterocycles. The standard InChI is InChI=1S/C25H28N6O2/c1-17-13-32-11-10-31(17)21-12-19(25(14-26)6-4-24(5-7-25)15-33-16-24)18-2-8-27-23(22(18)29-21)20-3-9-28-30-20/h2-3,8-9,12,17H,4-7,10-11,13,15-16H2,1H3,(H,28,30)/t17-/m1/s1. The number of ether oxygens (including phenoxy) is 2. The number of rotatable bonds is 3. The van der Waals surface area contributed by atoms with Crippen LogP contribution in [0.3, 0.4) is 0 Å². The maximum atomic E-state index is 10.6. The van der Waals surface area contributed by atoms with Gasteiger partial charge in [-0.1, -0.05) is 0 Å². The van der Waals surface area contributed by atoms with Crippen LogP contribution >= 0.6 is 0 Å². The van der Waals surface area contributed by atoms with E-state index >= 15 is 0 Å². The lowest BCUT2D eigenvalue weighted by molar-refractivity contribution is -0.136. The Hall–Kier alpha value is -3.02. The molecule has 0 radical (unpaired) electrons. The molecular formula is C25H28N6O2. The molecule has 6 rings (SSSR count). The van der Waals surface area contributed by atoms with Crippen LogP contribution < -0.4 is 4.90 Å². The fourth-order valence-electron chi connectivity index (χ4n) is 5.66. The molecule has 8 heteroatoms. The van der Waals surface area contributed by atoms with Crippen LogP contribution in [0.4, 0.5) is 5.82 Å². The van der Waals surface area contributed by atoms with Crippen molar-refractivity contribution in [1.29, 1.82) is 5.26 Å². The zero-order valence-corrected chi connectivity index (χ0v) is 18.9. The number of nitrogens with zero attached hydrogens (tertiary/aromatic N) is 5. The highest BCUT2D eigenvalue weighted by atomic mass is 16.5. The van der Waals surface area contributed by atoms with E-state index < -0.39 is 5.41 Å². The highest BCUT2D eigenvalue weighted by Gasteiger charge is 2.48. The van der Waals surface area contributed by atoms with Crippen molar-refractivity contribution in [2.24, 2.45) is 5.41 Å². The van der Waals surface area contributed by atoms with Gasteiger partial charge in [0, 0.05) is 29.7 Å². The van der Waals surface area contributed by atoms with Gasteiger partial charge in [-0.2, -0.15) is 10.4 Å². The molecule has 1 spiro atoms. The molecule has 0 amide bonds. The van der Waals surface area contributed by atoms with Crippen LogP contribution in [0.2, 0.25) is 0 Å². The summed E-state index contributed by atoms with van der Waals surface area (Å²) < 4.78 is 11.2. The number of nitrogens with one attached hydrogen (secondary N) is 1. The van der Waals surface area contributed by atoms with Crippen molar-refractivity contribution in [3.8, 4) is 17.5 Å². The number of aromatic amines is 1. The summed E-state index contributed by atoms with van der Waals surface area (Å²) in [5, 5.41) is 18.7. The van der Waals surface area contributed by atoms with Crippen molar-refractivity contribution < 1.29 is 9.47 Å². The average Bonchev–Trinajstić information content (AvgIpc) is 3.37. The van der Waals surface area contributed by atoms with Gasteiger partial charge in [0.05, 0.1) is 49.6 Å². The first-order valence-electron chi connectivity index (χ1n) is 11.8. The van der Waals surface area contributed by atoms with Gasteiger partial charge in [-0.15, -0.1) is 0 Å². The van der Waals surface area contributed by atoms with Gasteiger partial charge in [-0.25, -0.2) is 4.98 Å². The minimum Gasteiger partial charge on any atom is -0.380 e. The minimum absolute atomic E-state index is 0.212. The summed E-state index contributed by atoms with van der Waals surface area (Å²) in [6.45, 7) is 5.93. The molecule has 170 valence electrons. The summed E-state index contributed by atoms with van der Waals surface area (Å²) in [4.78, 5) is 12.1. The Labute approximate surface area is 192 Å². The number of anilines is 1. The molecule has 0 aromatic carbocycles. The Bertz CT molecular complexity index is 1200. The molecule has 5 heterocycles. The zero-order chi connectivity index (χ0) is 22.5. The highest BCUT2D eigenvalue weighted by Crippen LogP contribution is 2.51. The van der Waals surface area contributed by atoms with Crippen LogP contribution in [0.15, 0.2) is 30.6 Å². The third kappa shape index (κ3) is 3.30. The molecule has 3 aromatic rings. The maximum Gasteiger partial charge on any atom is 0.130 e. The molecule has 0 unspecified atom stereocenters. The summed E-state index contributed by atoms with van der Waals surface area (Å²) in [7, 11) is 0. The van der Waals surface area contributed by atoms with Gasteiger partial charge >= 0.3 is 0 Å². The average molecular weight is 445 g/mol. The zero-order valence-electron chi connectivity index (χ0n) is 18.9. The van der Waals surface area contributed by atoms with Gasteiger partial charge in [0.2, 0.25) is 0 Å². The van der Waals surface area contributed by atoms with Crippen LogP contribution in [-0.2, 0) is 14.9 Å². The molecule has 3 aromatic heterocycles. The van der Waals surface area contributed by atoms with Gasteiger partial charge in [0.15, 0.2) is 0 Å². The first kappa shape index (κ1) is 20.6. The molecule has 3 aliphatic rings. The van der Waals surface area contributed by atoms with Crippen molar-refractivity contribution >= 4 is 16.7 Å². The van der Waals surface area contributed by atoms with E-state index in [2.05, 4.69) is 39.1 Å². The van der Waals surface area contributed by atoms with E-state index in [1.165, 1.54) is 0 Å². The third-order valence-electron chi connectivity index (χ3n) is 7.84. The molecule has 2 saturated heterocycles. The van der Waals surface area contributed by atoms with Crippen molar-refractivity contribution in [2.45, 2.75) is 44.1 Å². The summed E-state index contributed by atoms with van der Waals surface area (Å²) in [5.41, 5.74) is 3.21. The second-order valence-corrected chi connectivity index (χ2v) is 9.86. The molecule has 8 nitrogen and oxygen atoms in total. The Morgan fingerprint density at radius 2 is 2.00 bits per heavy atom. The smallest absolute Gasteiger partial charge is 0.130 e. The fourth-order valence-corrected chi connectivity index (χ4v) is 5.66. The predicted octanol–water partition coefficient (Wildman–Crippen LogP) is 3.60. The monoisotopic (exact) mass is 444 g/mol. The van der Waals surface area contributed by atoms with E-state index in [1.54, 1.807) is 6.20 Å². The predicted molar refractivity (Wildman–Crippen MR) is 124 cm³/mol. The van der Waals surface area contributed by atoms with Crippen LogP contribution in [0.1, 0.15) is 38.2 Å². The normalized spacial score (nSPS) is 23.9. The number of H-pyrrole nitrogens is 1. The van der Waals surface area contributed by atoms with Gasteiger partial charge in [0.1, 0.15) is 17.0 Å². The summed E-state index contributed by atoms with van der Waals surface area (Å²) in [6, 6.07) is 9.06. The molecule has 0 bridgehead atoms. The lowest BCUT2D eigenvalue weighted by Crippen LogP contribution is -2.48. The molecule has 3 fully saturated rings. The summed E-state index contributed by atoms with van der Waals surface area (Å²) >= 11 is 0. The second-order valence-electron chi connectivity index (χ2n) is 9.86. The van der Waals surface area contributed by atoms with E-state index in [9.17, 15) is 5.26 Å². The number of hydrogen-bond acceptors (Lipinski definition) is 7. The third-order valence-corrected chi connectivity index (χ3v) is 7.84. The van der Waals surface area contributed by atoms with Gasteiger partial charge < -0.3 is 14.4 Å². The van der Waals surface area contributed by atoms with Gasteiger partial charge in [-0.05, 0) is 56.4 Å². The topological polar surface area (TPSA) is 100.0 Å². The van der Waals surface area contributed by atoms with Gasteiger partial charge in [-0.3, -0.25) is 10.1 Å². The van der Waals surface area contributed by atoms with E-state index in [0.717, 1.165) is 79.1 Å². The van der Waals surface area contributed by atoms with Crippen molar-refractivity contribution in [3.63, 3.8) is 0 Å². The molecule has 1 atom stereocenters. The van der Waals surface area contributed by atoms with E-state index in [-0.39, 0.29) is 11.5 Å². The molecule has 33 heavy (non-hydrogen) atoms. The summed E-state index contributed by atoms with van der Waals surface area (Å²) in [6.07, 6.45) is 7.26. The Morgan fingerprint density at radius 3 is 2.67 bits per heavy atom. The molecule has 1 saturated carbocycles. The van der Waals surface area contributed by atoms with Crippen molar-refractivity contribution in [2.75, 3.05) is 37.9 Å². The van der Waals surface area contributed by atoms with Crippen LogP contribution in [-0.4, -0.2) is 59.2 Å². The number of aromatic nitrogens is 4. The SMILES string of the molecule is C[C@@H]1COCCN1c1cc(C2(C#N)CCC3(CC2)COC3)c2ccnc(-c3ccn[nH]3)c2n1. The first-order chi connectivity index (χ1) is 16.1. The van der Waals surface area contributed by atoms with Crippen LogP contribution in [0, 0.1) is 16.7 Å². The molecule has 1 aliphatic carbocycles. The van der Waals surface area contributed by atoms with E-state index in [0.29, 0.717) is 13.2 Å². The Morgan fingerprint density at radius 1 is 1.15 bits per heavy atom. The molecular weight excluding hydrogens is 416 g/mol. The second kappa shape index (κ2) is 7.79. The quantitative estimate of drug-likeness (QED) is 0.659. The van der Waals surface area contributed by atoms with E-state index in [1.807, 2.05) is 18.3 Å². The largest absolute Gasteiger partial charge is 0.380 e. The Kier molecular flexibility index (Phi) is 4.86. The fraction of sp³-hybridized carbons (Fsp3) is 0.520. The minimum atomic E-state index is -0.543. The van der Waals surface area contributed by atoms with Crippen molar-refractivity contribution in [1.82, 2.24) is 20.2 Å². The van der Waals surface area contributed by atoms with Crippen molar-refractivity contribution in [3.05, 3.63) is 36.2 Å². The maximum absolute atomic E-state index is 10.6.